The molecule has 6 heteroatoms. The Kier molecular flexibility index (Phi) is 7.01. The van der Waals surface area contributed by atoms with Crippen molar-refractivity contribution < 1.29 is 24.1 Å². The summed E-state index contributed by atoms with van der Waals surface area (Å²) in [5.41, 5.74) is 1.10. The van der Waals surface area contributed by atoms with Crippen molar-refractivity contribution in [1.82, 2.24) is 4.90 Å². The summed E-state index contributed by atoms with van der Waals surface area (Å²) in [5, 5.41) is 10.5. The molecule has 152 valence electrons. The van der Waals surface area contributed by atoms with Crippen LogP contribution in [0.3, 0.4) is 0 Å². The van der Waals surface area contributed by atoms with Crippen molar-refractivity contribution in [1.29, 1.82) is 0 Å². The smallest absolute Gasteiger partial charge is 0.122 e. The van der Waals surface area contributed by atoms with E-state index in [1.165, 1.54) is 0 Å². The Hall–Kier alpha value is -2.44. The maximum absolute atomic E-state index is 10.5. The number of hydrogen-bond acceptors (Lipinski definition) is 6. The van der Waals surface area contributed by atoms with Gasteiger partial charge in [-0.05, 0) is 54.8 Å². The van der Waals surface area contributed by atoms with Gasteiger partial charge in [0, 0.05) is 25.2 Å². The average molecular weight is 387 g/mol. The third kappa shape index (κ3) is 5.78. The van der Waals surface area contributed by atoms with Crippen molar-refractivity contribution in [3.8, 4) is 23.0 Å². The molecule has 0 bridgehead atoms. The number of rotatable bonds is 11. The van der Waals surface area contributed by atoms with E-state index < -0.39 is 6.10 Å². The van der Waals surface area contributed by atoms with E-state index in [0.717, 1.165) is 47.9 Å². The minimum absolute atomic E-state index is 0.247. The van der Waals surface area contributed by atoms with Crippen molar-refractivity contribution in [2.24, 2.45) is 0 Å². The first-order valence-electron chi connectivity index (χ1n) is 9.52. The third-order valence-electron chi connectivity index (χ3n) is 4.81. The Morgan fingerprint density at radius 3 is 2.00 bits per heavy atom. The van der Waals surface area contributed by atoms with Crippen LogP contribution in [0.15, 0.2) is 42.5 Å². The molecule has 1 fully saturated rings. The predicted octanol–water partition coefficient (Wildman–Crippen LogP) is 3.12. The van der Waals surface area contributed by atoms with Crippen LogP contribution in [0.25, 0.3) is 0 Å². The molecule has 0 aliphatic heterocycles. The Balaban J connectivity index is 1.56. The van der Waals surface area contributed by atoms with Gasteiger partial charge in [-0.3, -0.25) is 4.90 Å². The quantitative estimate of drug-likeness (QED) is 0.639. The summed E-state index contributed by atoms with van der Waals surface area (Å²) in [6, 6.07) is 13.8. The van der Waals surface area contributed by atoms with E-state index in [1.807, 2.05) is 42.5 Å². The van der Waals surface area contributed by atoms with Crippen LogP contribution in [0.2, 0.25) is 0 Å². The lowest BCUT2D eigenvalue weighted by atomic mass is 10.1. The van der Waals surface area contributed by atoms with E-state index >= 15 is 0 Å². The van der Waals surface area contributed by atoms with Gasteiger partial charge in [0.05, 0.1) is 21.3 Å². The summed E-state index contributed by atoms with van der Waals surface area (Å²) in [6.45, 7) is 1.54. The molecule has 1 N–H and O–H groups in total. The molecule has 0 aromatic heterocycles. The second kappa shape index (κ2) is 9.66. The van der Waals surface area contributed by atoms with E-state index in [9.17, 15) is 5.11 Å². The Bertz CT molecular complexity index is 723. The zero-order valence-corrected chi connectivity index (χ0v) is 16.8. The number of aliphatic hydroxyl groups excluding tert-OH is 1. The first-order valence-corrected chi connectivity index (χ1v) is 9.52. The molecule has 1 saturated carbocycles. The highest BCUT2D eigenvalue weighted by Crippen LogP contribution is 2.30. The number of hydrogen-bond donors (Lipinski definition) is 1. The number of benzene rings is 2. The molecule has 0 amide bonds. The van der Waals surface area contributed by atoms with Gasteiger partial charge in [-0.15, -0.1) is 0 Å². The lowest BCUT2D eigenvalue weighted by Crippen LogP contribution is -2.36. The molecule has 6 nitrogen and oxygen atoms in total. The summed E-state index contributed by atoms with van der Waals surface area (Å²) < 4.78 is 21.6. The normalized spacial score (nSPS) is 14.6. The maximum Gasteiger partial charge on any atom is 0.122 e. The Morgan fingerprint density at radius 1 is 0.893 bits per heavy atom. The molecule has 0 unspecified atom stereocenters. The van der Waals surface area contributed by atoms with Crippen LogP contribution in [-0.2, 0) is 6.54 Å². The molecule has 1 aliphatic carbocycles. The summed E-state index contributed by atoms with van der Waals surface area (Å²) in [4.78, 5) is 2.30. The van der Waals surface area contributed by atoms with E-state index in [-0.39, 0.29) is 6.61 Å². The fourth-order valence-corrected chi connectivity index (χ4v) is 3.16. The van der Waals surface area contributed by atoms with E-state index in [0.29, 0.717) is 12.6 Å². The van der Waals surface area contributed by atoms with Gasteiger partial charge < -0.3 is 24.1 Å². The van der Waals surface area contributed by atoms with Gasteiger partial charge >= 0.3 is 0 Å². The molecule has 1 aliphatic rings. The van der Waals surface area contributed by atoms with Crippen LogP contribution >= 0.6 is 0 Å². The van der Waals surface area contributed by atoms with Crippen LogP contribution in [0.4, 0.5) is 0 Å². The highest BCUT2D eigenvalue weighted by molar-refractivity contribution is 5.38. The highest BCUT2D eigenvalue weighted by atomic mass is 16.5. The minimum atomic E-state index is -0.574. The summed E-state index contributed by atoms with van der Waals surface area (Å²) in [5.74, 6) is 3.04. The van der Waals surface area contributed by atoms with Crippen LogP contribution in [0.1, 0.15) is 18.4 Å². The number of ether oxygens (including phenoxy) is 4. The number of methoxy groups -OCH3 is 3. The van der Waals surface area contributed by atoms with E-state index in [4.69, 9.17) is 18.9 Å². The van der Waals surface area contributed by atoms with Crippen LogP contribution in [-0.4, -0.2) is 56.6 Å². The van der Waals surface area contributed by atoms with E-state index in [2.05, 4.69) is 4.90 Å². The topological polar surface area (TPSA) is 60.4 Å². The van der Waals surface area contributed by atoms with Gasteiger partial charge in [0.2, 0.25) is 0 Å². The van der Waals surface area contributed by atoms with Crippen LogP contribution < -0.4 is 18.9 Å². The molecule has 2 aromatic rings. The zero-order chi connectivity index (χ0) is 19.9. The highest BCUT2D eigenvalue weighted by Gasteiger charge is 2.30. The summed E-state index contributed by atoms with van der Waals surface area (Å²) in [6.07, 6.45) is 1.75. The summed E-state index contributed by atoms with van der Waals surface area (Å²) in [7, 11) is 4.93. The monoisotopic (exact) mass is 387 g/mol. The molecule has 0 radical (unpaired) electrons. The first kappa shape index (κ1) is 20.3. The second-order valence-electron chi connectivity index (χ2n) is 7.02. The molecule has 3 rings (SSSR count). The summed E-state index contributed by atoms with van der Waals surface area (Å²) >= 11 is 0. The van der Waals surface area contributed by atoms with Crippen LogP contribution in [0, 0.1) is 0 Å². The fraction of sp³-hybridized carbons (Fsp3) is 0.455. The molecular formula is C22H29NO5. The van der Waals surface area contributed by atoms with Crippen molar-refractivity contribution in [3.05, 3.63) is 48.0 Å². The van der Waals surface area contributed by atoms with Gasteiger partial charge in [0.25, 0.3) is 0 Å². The van der Waals surface area contributed by atoms with Gasteiger partial charge in [-0.1, -0.05) is 0 Å². The minimum Gasteiger partial charge on any atom is -0.497 e. The molecule has 1 atom stereocenters. The molecule has 2 aromatic carbocycles. The Morgan fingerprint density at radius 2 is 1.46 bits per heavy atom. The van der Waals surface area contributed by atoms with Crippen molar-refractivity contribution in [2.45, 2.75) is 31.5 Å². The van der Waals surface area contributed by atoms with Gasteiger partial charge in [-0.2, -0.15) is 0 Å². The predicted molar refractivity (Wildman–Crippen MR) is 107 cm³/mol. The number of nitrogens with zero attached hydrogens (tertiary/aromatic N) is 1. The molecule has 0 saturated heterocycles. The largest absolute Gasteiger partial charge is 0.497 e. The molecule has 0 spiro atoms. The number of aliphatic hydroxyl groups is 1. The van der Waals surface area contributed by atoms with Gasteiger partial charge in [0.15, 0.2) is 0 Å². The molecule has 0 heterocycles. The second-order valence-corrected chi connectivity index (χ2v) is 7.02. The Labute approximate surface area is 166 Å². The van der Waals surface area contributed by atoms with Gasteiger partial charge in [-0.25, -0.2) is 0 Å². The lowest BCUT2D eigenvalue weighted by molar-refractivity contribution is 0.0626. The standard InChI is InChI=1S/C22H29NO5/c1-25-19-6-8-20(9-7-19)28-15-18(24)14-23(17-4-5-17)13-16-10-21(26-2)12-22(11-16)27-3/h6-12,17-18,24H,4-5,13-15H2,1-3H3/t18-/m1/s1. The molecule has 28 heavy (non-hydrogen) atoms. The van der Waals surface area contributed by atoms with Crippen molar-refractivity contribution in [3.63, 3.8) is 0 Å². The lowest BCUT2D eigenvalue weighted by Gasteiger charge is -2.25. The first-order chi connectivity index (χ1) is 13.6. The zero-order valence-electron chi connectivity index (χ0n) is 16.8. The van der Waals surface area contributed by atoms with Crippen LogP contribution in [0.5, 0.6) is 23.0 Å². The van der Waals surface area contributed by atoms with Crippen molar-refractivity contribution in [2.75, 3.05) is 34.5 Å². The van der Waals surface area contributed by atoms with E-state index in [1.54, 1.807) is 21.3 Å². The molecular weight excluding hydrogens is 358 g/mol. The maximum atomic E-state index is 10.5. The fourth-order valence-electron chi connectivity index (χ4n) is 3.16. The average Bonchev–Trinajstić information content (AvgIpc) is 3.57. The third-order valence-corrected chi connectivity index (χ3v) is 4.81. The van der Waals surface area contributed by atoms with Gasteiger partial charge in [0.1, 0.15) is 35.7 Å². The van der Waals surface area contributed by atoms with Crippen molar-refractivity contribution >= 4 is 0 Å². The SMILES string of the molecule is COc1ccc(OC[C@H](O)CN(Cc2cc(OC)cc(OC)c2)C2CC2)cc1.